The Hall–Kier alpha value is -2.05. The number of carbonyl (C=O) groups is 2. The molecule has 0 fully saturated rings. The molecule has 2 aromatic heterocycles. The third kappa shape index (κ3) is 4.81. The van der Waals surface area contributed by atoms with E-state index >= 15 is 0 Å². The van der Waals surface area contributed by atoms with Gasteiger partial charge in [-0.2, -0.15) is 8.78 Å². The molecule has 0 atom stereocenters. The van der Waals surface area contributed by atoms with Crippen LogP contribution in [-0.2, 0) is 13.0 Å². The first-order chi connectivity index (χ1) is 13.6. The summed E-state index contributed by atoms with van der Waals surface area (Å²) in [5, 5.41) is 24.1. The van der Waals surface area contributed by atoms with Crippen molar-refractivity contribution in [1.29, 1.82) is 0 Å². The molecule has 0 radical (unpaired) electrons. The second kappa shape index (κ2) is 9.39. The average Bonchev–Trinajstić information content (AvgIpc) is 3.25. The molecule has 30 heavy (non-hydrogen) atoms. The van der Waals surface area contributed by atoms with Gasteiger partial charge in [0.1, 0.15) is 11.6 Å². The number of nitrogens with two attached hydrogens (primary N) is 1. The number of anilines is 1. The normalized spacial score (nSPS) is 11.2. The van der Waals surface area contributed by atoms with Crippen molar-refractivity contribution in [2.75, 3.05) is 5.73 Å². The number of phenolic OH excluding ortho intramolecular Hbond substituents is 1. The van der Waals surface area contributed by atoms with Crippen LogP contribution in [0.3, 0.4) is 0 Å². The van der Waals surface area contributed by atoms with Crippen LogP contribution in [0.4, 0.5) is 14.6 Å². The topological polar surface area (TPSA) is 134 Å². The number of benzene rings is 1. The number of alkyl halides is 2. The molecule has 3 aromatic rings. The van der Waals surface area contributed by atoms with Crippen molar-refractivity contribution in [3.8, 4) is 17.1 Å². The van der Waals surface area contributed by atoms with Crippen molar-refractivity contribution in [2.24, 2.45) is 0 Å². The number of aromatic carboxylic acids is 1. The van der Waals surface area contributed by atoms with E-state index in [4.69, 9.17) is 10.3 Å². The van der Waals surface area contributed by atoms with E-state index in [0.29, 0.717) is 5.56 Å². The number of phenols is 1. The summed E-state index contributed by atoms with van der Waals surface area (Å²) in [5.74, 6) is -7.62. The van der Waals surface area contributed by atoms with Gasteiger partial charge in [0.25, 0.3) is 0 Å². The number of hydrogen-bond donors (Lipinski definition) is 2. The van der Waals surface area contributed by atoms with E-state index < -0.39 is 35.2 Å². The number of hydrogen-bond acceptors (Lipinski definition) is 7. The summed E-state index contributed by atoms with van der Waals surface area (Å²) in [6, 6.07) is 7.02. The second-order valence-corrected chi connectivity index (χ2v) is 6.32. The molecule has 3 N–H and O–H groups in total. The zero-order valence-electron chi connectivity index (χ0n) is 16.2. The minimum Gasteiger partial charge on any atom is -0.545 e. The van der Waals surface area contributed by atoms with Gasteiger partial charge in [0.2, 0.25) is 5.78 Å². The maximum Gasteiger partial charge on any atom is 1.00 e. The maximum absolute atomic E-state index is 14.6. The van der Waals surface area contributed by atoms with Crippen LogP contribution >= 0.6 is 0 Å². The molecule has 0 spiro atoms. The number of aromatic nitrogens is 2. The van der Waals surface area contributed by atoms with E-state index in [1.165, 1.54) is 34.9 Å². The summed E-state index contributed by atoms with van der Waals surface area (Å²) in [5.41, 5.74) is 4.42. The fraction of sp³-hybridized carbons (Fsp3) is 0.211. The largest absolute Gasteiger partial charge is 1.00 e. The van der Waals surface area contributed by atoms with Gasteiger partial charge in [-0.15, -0.1) is 0 Å². The molecule has 0 aliphatic rings. The molecule has 0 saturated carbocycles. The van der Waals surface area contributed by atoms with Gasteiger partial charge in [-0.25, -0.2) is 0 Å². The zero-order valence-corrected chi connectivity index (χ0v) is 19.3. The Morgan fingerprint density at radius 1 is 1.30 bits per heavy atom. The summed E-state index contributed by atoms with van der Waals surface area (Å²) < 4.78 is 35.4. The third-order valence-electron chi connectivity index (χ3n) is 4.36. The molecule has 0 unspecified atom stereocenters. The van der Waals surface area contributed by atoms with Crippen molar-refractivity contribution in [2.45, 2.75) is 25.8 Å². The van der Waals surface area contributed by atoms with Crippen LogP contribution in [0.2, 0.25) is 0 Å². The number of carboxylic acids is 1. The van der Waals surface area contributed by atoms with Crippen LogP contribution in [0, 0.1) is 0 Å². The van der Waals surface area contributed by atoms with Crippen LogP contribution in [0.5, 0.6) is 5.75 Å². The van der Waals surface area contributed by atoms with Crippen molar-refractivity contribution in [3.05, 3.63) is 53.3 Å². The molecule has 3 rings (SSSR count). The number of halogens is 2. The molecule has 0 amide bonds. The van der Waals surface area contributed by atoms with E-state index in [2.05, 4.69) is 5.16 Å². The number of aryl methyl sites for hydroxylation is 1. The Balaban J connectivity index is 0.00000320. The quantitative estimate of drug-likeness (QED) is 0.349. The smallest absolute Gasteiger partial charge is 0.545 e. The molecular formula is C19H16F2KN3O5. The number of ketones is 1. The van der Waals surface area contributed by atoms with Gasteiger partial charge < -0.3 is 29.8 Å². The Labute approximate surface area is 212 Å². The zero-order chi connectivity index (χ0) is 21.3. The van der Waals surface area contributed by atoms with E-state index in [0.717, 1.165) is 6.20 Å². The first kappa shape index (κ1) is 24.2. The van der Waals surface area contributed by atoms with Crippen LogP contribution in [-0.4, -0.2) is 32.5 Å². The summed E-state index contributed by atoms with van der Waals surface area (Å²) in [4.78, 5) is 23.7. The van der Waals surface area contributed by atoms with Crippen molar-refractivity contribution in [3.63, 3.8) is 0 Å². The maximum atomic E-state index is 14.6. The molecule has 8 nitrogen and oxygen atoms in total. The molecular weight excluding hydrogens is 427 g/mol. The minimum absolute atomic E-state index is 0. The van der Waals surface area contributed by atoms with Crippen molar-refractivity contribution >= 4 is 17.6 Å². The predicted octanol–water partition coefficient (Wildman–Crippen LogP) is -1.12. The van der Waals surface area contributed by atoms with Gasteiger partial charge in [0.05, 0.1) is 29.2 Å². The van der Waals surface area contributed by atoms with Crippen molar-refractivity contribution in [1.82, 2.24) is 9.72 Å². The summed E-state index contributed by atoms with van der Waals surface area (Å²) >= 11 is 0. The van der Waals surface area contributed by atoms with Crippen molar-refractivity contribution < 1.29 is 84.5 Å². The van der Waals surface area contributed by atoms with E-state index in [1.54, 1.807) is 6.92 Å². The summed E-state index contributed by atoms with van der Waals surface area (Å²) in [6.45, 7) is 1.80. The number of rotatable bonds is 7. The Kier molecular flexibility index (Phi) is 7.58. The average molecular weight is 443 g/mol. The number of nitrogen functional groups attached to an aromatic ring is 1. The molecule has 0 bridgehead atoms. The van der Waals surface area contributed by atoms with Gasteiger partial charge in [-0.05, 0) is 31.2 Å². The van der Waals surface area contributed by atoms with Crippen LogP contribution in [0.1, 0.15) is 33.3 Å². The number of aromatic hydroxyl groups is 1. The SMILES string of the molecule is CCn1cc(C(=O)C(F)(F)Cc2cc(-c3ccc(O)cc3)on2)c(C(=O)[O-])c1N.[K+]. The molecule has 0 saturated heterocycles. The van der Waals surface area contributed by atoms with E-state index in [9.17, 15) is 28.6 Å². The van der Waals surface area contributed by atoms with Gasteiger partial charge in [-0.1, -0.05) is 5.16 Å². The molecule has 0 aliphatic heterocycles. The fourth-order valence-electron chi connectivity index (χ4n) is 2.88. The Bertz CT molecular complexity index is 1080. The molecule has 2 heterocycles. The number of Topliss-reactive ketones (excluding diaryl/α,β-unsaturated/α-hetero) is 1. The molecule has 152 valence electrons. The minimum atomic E-state index is -3.96. The number of nitrogens with zero attached hydrogens (tertiary/aromatic N) is 2. The van der Waals surface area contributed by atoms with Gasteiger partial charge in [0.15, 0.2) is 5.76 Å². The third-order valence-corrected chi connectivity index (χ3v) is 4.36. The van der Waals surface area contributed by atoms with Crippen LogP contribution in [0.15, 0.2) is 41.1 Å². The number of carbonyl (C=O) groups excluding carboxylic acids is 2. The van der Waals surface area contributed by atoms with E-state index in [-0.39, 0.29) is 81.0 Å². The molecule has 11 heteroatoms. The number of carboxylic acid groups (broad SMARTS) is 1. The van der Waals surface area contributed by atoms with Crippen LogP contribution in [0.25, 0.3) is 11.3 Å². The first-order valence-electron chi connectivity index (χ1n) is 8.51. The first-order valence-corrected chi connectivity index (χ1v) is 8.51. The second-order valence-electron chi connectivity index (χ2n) is 6.32. The molecule has 0 aliphatic carbocycles. The monoisotopic (exact) mass is 443 g/mol. The predicted molar refractivity (Wildman–Crippen MR) is 95.4 cm³/mol. The summed E-state index contributed by atoms with van der Waals surface area (Å²) in [7, 11) is 0. The van der Waals surface area contributed by atoms with Gasteiger partial charge in [0, 0.05) is 24.4 Å². The van der Waals surface area contributed by atoms with E-state index in [1.807, 2.05) is 0 Å². The Morgan fingerprint density at radius 3 is 2.50 bits per heavy atom. The standard InChI is InChI=1S/C19H17F2N3O5.K/c1-2-24-9-13(15(17(24)22)18(27)28)16(26)19(20,21)8-11-7-14(29-23-11)10-3-5-12(25)6-4-10;/h3-7,9,25H,2,8,22H2,1H3,(H,27,28);/q;+1/p-1. The van der Waals surface area contributed by atoms with Crippen LogP contribution < -0.4 is 62.2 Å². The fourth-order valence-corrected chi connectivity index (χ4v) is 2.88. The van der Waals surface area contributed by atoms with Gasteiger partial charge >= 0.3 is 57.3 Å². The summed E-state index contributed by atoms with van der Waals surface area (Å²) in [6.07, 6.45) is -0.126. The van der Waals surface area contributed by atoms with Gasteiger partial charge in [-0.3, -0.25) is 4.79 Å². The molecule has 1 aromatic carbocycles. The Morgan fingerprint density at radius 2 is 1.93 bits per heavy atom.